The van der Waals surface area contributed by atoms with E-state index >= 15 is 0 Å². The van der Waals surface area contributed by atoms with Crippen LogP contribution in [0.3, 0.4) is 0 Å². The van der Waals surface area contributed by atoms with Crippen LogP contribution in [-0.4, -0.2) is 47.7 Å². The van der Waals surface area contributed by atoms with Gasteiger partial charge in [0.05, 0.1) is 12.5 Å². The van der Waals surface area contributed by atoms with Gasteiger partial charge in [-0.05, 0) is 25.7 Å². The quantitative estimate of drug-likeness (QED) is 0.745. The summed E-state index contributed by atoms with van der Waals surface area (Å²) in [6, 6.07) is 0.229. The van der Waals surface area contributed by atoms with E-state index in [0.29, 0.717) is 26.0 Å². The maximum absolute atomic E-state index is 11.6. The molecule has 0 atom stereocenters. The van der Waals surface area contributed by atoms with Gasteiger partial charge in [0.2, 0.25) is 5.91 Å². The maximum Gasteiger partial charge on any atom is 0.306 e. The monoisotopic (exact) mass is 227 g/mol. The molecule has 1 aliphatic heterocycles. The average Bonchev–Trinajstić information content (AvgIpc) is 2.30. The number of hydrogen-bond acceptors (Lipinski definition) is 3. The van der Waals surface area contributed by atoms with Gasteiger partial charge in [0.15, 0.2) is 0 Å². The Morgan fingerprint density at radius 1 is 1.31 bits per heavy atom. The van der Waals surface area contributed by atoms with E-state index in [2.05, 4.69) is 0 Å². The molecule has 0 aromatic heterocycles. The molecule has 0 unspecified atom stereocenters. The number of carboxylic acid groups (broad SMARTS) is 1. The average molecular weight is 227 g/mol. The highest BCUT2D eigenvalue weighted by atomic mass is 16.5. The molecule has 1 saturated heterocycles. The SMILES string of the molecule is O=C1COCCN1[C@H]1CC[C@@H](C(=O)O)CC1. The van der Waals surface area contributed by atoms with Gasteiger partial charge < -0.3 is 14.7 Å². The van der Waals surface area contributed by atoms with Crippen LogP contribution < -0.4 is 0 Å². The number of ether oxygens (including phenoxy) is 1. The predicted octanol–water partition coefficient (Wildman–Crippen LogP) is 0.489. The molecule has 2 rings (SSSR count). The Hall–Kier alpha value is -1.10. The van der Waals surface area contributed by atoms with Gasteiger partial charge in [-0.1, -0.05) is 0 Å². The Kier molecular flexibility index (Phi) is 3.43. The van der Waals surface area contributed by atoms with Crippen molar-refractivity contribution in [2.24, 2.45) is 5.92 Å². The van der Waals surface area contributed by atoms with Crippen molar-refractivity contribution in [1.82, 2.24) is 4.90 Å². The minimum absolute atomic E-state index is 0.0463. The van der Waals surface area contributed by atoms with Crippen LogP contribution in [-0.2, 0) is 14.3 Å². The smallest absolute Gasteiger partial charge is 0.306 e. The van der Waals surface area contributed by atoms with Crippen molar-refractivity contribution in [3.8, 4) is 0 Å². The molecule has 0 aromatic carbocycles. The molecule has 1 saturated carbocycles. The van der Waals surface area contributed by atoms with Crippen molar-refractivity contribution in [2.75, 3.05) is 19.8 Å². The summed E-state index contributed by atoms with van der Waals surface area (Å²) in [7, 11) is 0. The van der Waals surface area contributed by atoms with Gasteiger partial charge in [0.25, 0.3) is 0 Å². The third kappa shape index (κ3) is 2.35. The first-order valence-electron chi connectivity index (χ1n) is 5.78. The number of carbonyl (C=O) groups excluding carboxylic acids is 1. The van der Waals surface area contributed by atoms with E-state index in [1.54, 1.807) is 0 Å². The zero-order valence-electron chi connectivity index (χ0n) is 9.22. The molecular weight excluding hydrogens is 210 g/mol. The summed E-state index contributed by atoms with van der Waals surface area (Å²) in [5, 5.41) is 8.89. The highest BCUT2D eigenvalue weighted by Crippen LogP contribution is 2.28. The highest BCUT2D eigenvalue weighted by Gasteiger charge is 2.32. The topological polar surface area (TPSA) is 66.8 Å². The number of aliphatic carboxylic acids is 1. The van der Waals surface area contributed by atoms with E-state index < -0.39 is 5.97 Å². The second-order valence-corrected chi connectivity index (χ2v) is 4.48. The zero-order valence-corrected chi connectivity index (χ0v) is 9.22. The van der Waals surface area contributed by atoms with Crippen molar-refractivity contribution in [2.45, 2.75) is 31.7 Å². The molecule has 5 nitrogen and oxygen atoms in total. The van der Waals surface area contributed by atoms with Crippen LogP contribution in [0, 0.1) is 5.92 Å². The fourth-order valence-electron chi connectivity index (χ4n) is 2.55. The minimum atomic E-state index is -0.702. The molecule has 16 heavy (non-hydrogen) atoms. The Labute approximate surface area is 94.4 Å². The molecule has 0 spiro atoms. The number of amides is 1. The van der Waals surface area contributed by atoms with Crippen LogP contribution in [0.1, 0.15) is 25.7 Å². The Bertz CT molecular complexity index is 284. The van der Waals surface area contributed by atoms with Crippen LogP contribution in [0.15, 0.2) is 0 Å². The first kappa shape index (κ1) is 11.4. The molecule has 0 radical (unpaired) electrons. The van der Waals surface area contributed by atoms with Crippen molar-refractivity contribution in [3.05, 3.63) is 0 Å². The fourth-order valence-corrected chi connectivity index (χ4v) is 2.55. The van der Waals surface area contributed by atoms with Gasteiger partial charge in [0.1, 0.15) is 6.61 Å². The van der Waals surface area contributed by atoms with Crippen LogP contribution >= 0.6 is 0 Å². The van der Waals surface area contributed by atoms with Gasteiger partial charge in [-0.2, -0.15) is 0 Å². The third-order valence-electron chi connectivity index (χ3n) is 3.51. The summed E-state index contributed by atoms with van der Waals surface area (Å²) in [6.07, 6.45) is 2.99. The number of rotatable bonds is 2. The van der Waals surface area contributed by atoms with Crippen molar-refractivity contribution in [1.29, 1.82) is 0 Å². The number of hydrogen-bond donors (Lipinski definition) is 1. The van der Waals surface area contributed by atoms with Crippen molar-refractivity contribution in [3.63, 3.8) is 0 Å². The van der Waals surface area contributed by atoms with Crippen molar-refractivity contribution >= 4 is 11.9 Å². The van der Waals surface area contributed by atoms with E-state index in [4.69, 9.17) is 9.84 Å². The summed E-state index contributed by atoms with van der Waals surface area (Å²) < 4.78 is 5.08. The van der Waals surface area contributed by atoms with Crippen molar-refractivity contribution < 1.29 is 19.4 Å². The summed E-state index contributed by atoms with van der Waals surface area (Å²) in [4.78, 5) is 24.3. The molecule has 0 bridgehead atoms. The zero-order chi connectivity index (χ0) is 11.5. The van der Waals surface area contributed by atoms with E-state index in [1.807, 2.05) is 4.90 Å². The predicted molar refractivity (Wildman–Crippen MR) is 55.9 cm³/mol. The van der Waals surface area contributed by atoms with Crippen LogP contribution in [0.2, 0.25) is 0 Å². The molecule has 2 aliphatic rings. The van der Waals surface area contributed by atoms with Gasteiger partial charge in [-0.15, -0.1) is 0 Å². The van der Waals surface area contributed by atoms with Crippen LogP contribution in [0.4, 0.5) is 0 Å². The first-order valence-corrected chi connectivity index (χ1v) is 5.78. The molecule has 1 heterocycles. The number of morpholine rings is 1. The number of carboxylic acids is 1. The molecule has 1 aliphatic carbocycles. The second kappa shape index (κ2) is 4.82. The molecule has 2 fully saturated rings. The standard InChI is InChI=1S/C11H17NO4/c13-10-7-16-6-5-12(10)9-3-1-8(2-4-9)11(14)15/h8-9H,1-7H2,(H,14,15)/t8-,9+. The van der Waals surface area contributed by atoms with Gasteiger partial charge in [0, 0.05) is 12.6 Å². The lowest BCUT2D eigenvalue weighted by Gasteiger charge is -2.37. The summed E-state index contributed by atoms with van der Waals surface area (Å²) in [6.45, 7) is 1.44. The summed E-state index contributed by atoms with van der Waals surface area (Å²) in [5.41, 5.74) is 0. The van der Waals surface area contributed by atoms with Gasteiger partial charge >= 0.3 is 5.97 Å². The molecular formula is C11H17NO4. The number of carbonyl (C=O) groups is 2. The summed E-state index contributed by atoms with van der Waals surface area (Å²) in [5.74, 6) is -0.871. The molecule has 5 heteroatoms. The van der Waals surface area contributed by atoms with Crippen LogP contribution in [0.5, 0.6) is 0 Å². The van der Waals surface area contributed by atoms with Gasteiger partial charge in [-0.3, -0.25) is 9.59 Å². The Morgan fingerprint density at radius 3 is 2.56 bits per heavy atom. The van der Waals surface area contributed by atoms with Crippen LogP contribution in [0.25, 0.3) is 0 Å². The normalized spacial score (nSPS) is 31.5. The third-order valence-corrected chi connectivity index (χ3v) is 3.51. The first-order chi connectivity index (χ1) is 7.68. The molecule has 90 valence electrons. The lowest BCUT2D eigenvalue weighted by Crippen LogP contribution is -2.49. The lowest BCUT2D eigenvalue weighted by molar-refractivity contribution is -0.148. The van der Waals surface area contributed by atoms with E-state index in [0.717, 1.165) is 12.8 Å². The van der Waals surface area contributed by atoms with E-state index in [-0.39, 0.29) is 24.5 Å². The van der Waals surface area contributed by atoms with Gasteiger partial charge in [-0.25, -0.2) is 0 Å². The molecule has 1 amide bonds. The Balaban J connectivity index is 1.88. The highest BCUT2D eigenvalue weighted by molar-refractivity contribution is 5.78. The van der Waals surface area contributed by atoms with E-state index in [9.17, 15) is 9.59 Å². The molecule has 0 aromatic rings. The minimum Gasteiger partial charge on any atom is -0.481 e. The molecule has 1 N–H and O–H groups in total. The lowest BCUT2D eigenvalue weighted by atomic mass is 9.85. The number of nitrogens with zero attached hydrogens (tertiary/aromatic N) is 1. The fraction of sp³-hybridized carbons (Fsp3) is 0.818. The maximum atomic E-state index is 11.6. The Morgan fingerprint density at radius 2 is 2.00 bits per heavy atom. The second-order valence-electron chi connectivity index (χ2n) is 4.48. The summed E-state index contributed by atoms with van der Waals surface area (Å²) >= 11 is 0. The largest absolute Gasteiger partial charge is 0.481 e. The van der Waals surface area contributed by atoms with E-state index in [1.165, 1.54) is 0 Å².